The number of nitrogens with zero attached hydrogens (tertiary/aromatic N) is 3. The first-order valence-electron chi connectivity index (χ1n) is 8.06. The number of rotatable bonds is 5. The van der Waals surface area contributed by atoms with Crippen LogP contribution in [-0.4, -0.2) is 46.7 Å². The summed E-state index contributed by atoms with van der Waals surface area (Å²) in [6.45, 7) is 1.81. The van der Waals surface area contributed by atoms with Gasteiger partial charge in [-0.25, -0.2) is 4.98 Å². The van der Waals surface area contributed by atoms with Crippen LogP contribution in [0.25, 0.3) is 0 Å². The number of hydrogen-bond donors (Lipinski definition) is 0. The summed E-state index contributed by atoms with van der Waals surface area (Å²) < 4.78 is 7.48. The van der Waals surface area contributed by atoms with Crippen LogP contribution in [0.15, 0.2) is 49.1 Å². The van der Waals surface area contributed by atoms with Crippen molar-refractivity contribution in [1.29, 1.82) is 0 Å². The van der Waals surface area contributed by atoms with E-state index < -0.39 is 0 Å². The lowest BCUT2D eigenvalue weighted by atomic mass is 9.87. The minimum Gasteiger partial charge on any atom is -0.379 e. The predicted octanol–water partition coefficient (Wildman–Crippen LogP) is 1.99. The number of benzene rings is 1. The number of amides is 1. The second-order valence-electron chi connectivity index (χ2n) is 6.09. The van der Waals surface area contributed by atoms with Crippen molar-refractivity contribution < 1.29 is 9.53 Å². The van der Waals surface area contributed by atoms with Gasteiger partial charge in [-0.15, -0.1) is 0 Å². The van der Waals surface area contributed by atoms with Crippen LogP contribution in [0.3, 0.4) is 0 Å². The topological polar surface area (TPSA) is 47.4 Å². The van der Waals surface area contributed by atoms with Crippen molar-refractivity contribution >= 4 is 5.91 Å². The molecule has 2 atom stereocenters. The SMILES string of the molecule is CO[C@@H]1CN(C(=O)Cn2ccnc2)CC[C@@H]1Cc1ccccc1. The summed E-state index contributed by atoms with van der Waals surface area (Å²) in [5.74, 6) is 0.586. The number of hydrogen-bond acceptors (Lipinski definition) is 3. The number of imidazole rings is 1. The minimum atomic E-state index is 0.0932. The lowest BCUT2D eigenvalue weighted by Gasteiger charge is -2.38. The highest BCUT2D eigenvalue weighted by Crippen LogP contribution is 2.24. The maximum atomic E-state index is 12.4. The van der Waals surface area contributed by atoms with Crippen LogP contribution in [0.2, 0.25) is 0 Å². The smallest absolute Gasteiger partial charge is 0.242 e. The lowest BCUT2D eigenvalue weighted by Crippen LogP contribution is -2.48. The van der Waals surface area contributed by atoms with Crippen LogP contribution in [0, 0.1) is 5.92 Å². The number of carbonyl (C=O) groups excluding carboxylic acids is 1. The van der Waals surface area contributed by atoms with Crippen LogP contribution in [0.4, 0.5) is 0 Å². The molecule has 5 heteroatoms. The molecule has 1 aromatic heterocycles. The van der Waals surface area contributed by atoms with Gasteiger partial charge in [0.05, 0.1) is 12.4 Å². The van der Waals surface area contributed by atoms with E-state index in [4.69, 9.17) is 4.74 Å². The van der Waals surface area contributed by atoms with Gasteiger partial charge in [-0.05, 0) is 24.3 Å². The number of aromatic nitrogens is 2. The fourth-order valence-corrected chi connectivity index (χ4v) is 3.25. The summed E-state index contributed by atoms with van der Waals surface area (Å²) in [5.41, 5.74) is 1.33. The van der Waals surface area contributed by atoms with Crippen molar-refractivity contribution in [3.05, 3.63) is 54.6 Å². The lowest BCUT2D eigenvalue weighted by molar-refractivity contribution is -0.137. The molecule has 122 valence electrons. The number of carbonyl (C=O) groups is 1. The monoisotopic (exact) mass is 313 g/mol. The zero-order valence-corrected chi connectivity index (χ0v) is 13.5. The van der Waals surface area contributed by atoms with E-state index in [0.717, 1.165) is 19.4 Å². The average Bonchev–Trinajstić information content (AvgIpc) is 3.09. The zero-order chi connectivity index (χ0) is 16.1. The van der Waals surface area contributed by atoms with Gasteiger partial charge < -0.3 is 14.2 Å². The number of piperidine rings is 1. The van der Waals surface area contributed by atoms with Gasteiger partial charge in [-0.2, -0.15) is 0 Å². The quantitative estimate of drug-likeness (QED) is 0.848. The number of likely N-dealkylation sites (tertiary alicyclic amines) is 1. The minimum absolute atomic E-state index is 0.0932. The van der Waals surface area contributed by atoms with Crippen molar-refractivity contribution in [2.45, 2.75) is 25.5 Å². The maximum absolute atomic E-state index is 12.4. The molecule has 0 bridgehead atoms. The molecule has 1 saturated heterocycles. The highest BCUT2D eigenvalue weighted by atomic mass is 16.5. The number of ether oxygens (including phenoxy) is 1. The summed E-state index contributed by atoms with van der Waals surface area (Å²) in [4.78, 5) is 18.3. The van der Waals surface area contributed by atoms with Crippen molar-refractivity contribution in [2.24, 2.45) is 5.92 Å². The second-order valence-corrected chi connectivity index (χ2v) is 6.09. The fraction of sp³-hybridized carbons (Fsp3) is 0.444. The van der Waals surface area contributed by atoms with E-state index in [9.17, 15) is 4.79 Å². The van der Waals surface area contributed by atoms with Gasteiger partial charge >= 0.3 is 0 Å². The van der Waals surface area contributed by atoms with E-state index in [-0.39, 0.29) is 12.0 Å². The van der Waals surface area contributed by atoms with E-state index in [2.05, 4.69) is 29.2 Å². The van der Waals surface area contributed by atoms with Gasteiger partial charge in [0.15, 0.2) is 0 Å². The van der Waals surface area contributed by atoms with Crippen molar-refractivity contribution in [1.82, 2.24) is 14.5 Å². The first-order chi connectivity index (χ1) is 11.3. The molecule has 2 heterocycles. The van der Waals surface area contributed by atoms with E-state index in [1.165, 1.54) is 5.56 Å². The third-order valence-corrected chi connectivity index (χ3v) is 4.57. The first-order valence-corrected chi connectivity index (χ1v) is 8.06. The van der Waals surface area contributed by atoms with Gasteiger partial charge in [-0.3, -0.25) is 4.79 Å². The van der Waals surface area contributed by atoms with E-state index in [1.807, 2.05) is 17.2 Å². The van der Waals surface area contributed by atoms with Crippen LogP contribution in [-0.2, 0) is 22.5 Å². The van der Waals surface area contributed by atoms with Crippen molar-refractivity contribution in [3.63, 3.8) is 0 Å². The molecule has 1 aliphatic rings. The molecule has 0 spiro atoms. The fourth-order valence-electron chi connectivity index (χ4n) is 3.25. The number of methoxy groups -OCH3 is 1. The Morgan fingerprint density at radius 1 is 1.35 bits per heavy atom. The third-order valence-electron chi connectivity index (χ3n) is 4.57. The molecular weight excluding hydrogens is 290 g/mol. The van der Waals surface area contributed by atoms with Gasteiger partial charge in [-0.1, -0.05) is 30.3 Å². The average molecular weight is 313 g/mol. The van der Waals surface area contributed by atoms with Crippen molar-refractivity contribution in [3.8, 4) is 0 Å². The molecule has 1 aliphatic heterocycles. The van der Waals surface area contributed by atoms with E-state index in [0.29, 0.717) is 19.0 Å². The standard InChI is InChI=1S/C18H23N3O2/c1-23-17-12-21(18(22)13-20-10-8-19-14-20)9-7-16(17)11-15-5-3-2-4-6-15/h2-6,8,10,14,16-17H,7,9,11-13H2,1H3/t16-,17-/m1/s1. The Morgan fingerprint density at radius 3 is 2.87 bits per heavy atom. The molecule has 5 nitrogen and oxygen atoms in total. The summed E-state index contributed by atoms with van der Waals surface area (Å²) in [7, 11) is 1.74. The molecule has 1 amide bonds. The van der Waals surface area contributed by atoms with Gasteiger partial charge in [0, 0.05) is 32.6 Å². The summed E-state index contributed by atoms with van der Waals surface area (Å²) in [5, 5.41) is 0. The molecule has 0 N–H and O–H groups in total. The molecule has 2 aromatic rings. The molecule has 23 heavy (non-hydrogen) atoms. The summed E-state index contributed by atoms with van der Waals surface area (Å²) in [6.07, 6.45) is 7.25. The normalized spacial score (nSPS) is 21.3. The molecule has 1 fully saturated rings. The third kappa shape index (κ3) is 3.99. The van der Waals surface area contributed by atoms with E-state index in [1.54, 1.807) is 24.2 Å². The van der Waals surface area contributed by atoms with Gasteiger partial charge in [0.2, 0.25) is 5.91 Å². The highest BCUT2D eigenvalue weighted by Gasteiger charge is 2.31. The molecule has 0 radical (unpaired) electrons. The summed E-state index contributed by atoms with van der Waals surface area (Å²) >= 11 is 0. The molecule has 1 aromatic carbocycles. The Labute approximate surface area is 136 Å². The Balaban J connectivity index is 1.58. The Bertz CT molecular complexity index is 612. The van der Waals surface area contributed by atoms with Gasteiger partial charge in [0.1, 0.15) is 6.54 Å². The molecular formula is C18H23N3O2. The molecule has 0 saturated carbocycles. The molecule has 0 unspecified atom stereocenters. The second kappa shape index (κ2) is 7.42. The van der Waals surface area contributed by atoms with Crippen LogP contribution >= 0.6 is 0 Å². The van der Waals surface area contributed by atoms with Crippen molar-refractivity contribution in [2.75, 3.05) is 20.2 Å². The highest BCUT2D eigenvalue weighted by molar-refractivity contribution is 5.76. The first kappa shape index (κ1) is 15.7. The van der Waals surface area contributed by atoms with Crippen LogP contribution < -0.4 is 0 Å². The summed E-state index contributed by atoms with van der Waals surface area (Å²) in [6, 6.07) is 10.5. The largest absolute Gasteiger partial charge is 0.379 e. The Kier molecular flexibility index (Phi) is 5.08. The van der Waals surface area contributed by atoms with Crippen LogP contribution in [0.1, 0.15) is 12.0 Å². The zero-order valence-electron chi connectivity index (χ0n) is 13.5. The van der Waals surface area contributed by atoms with E-state index >= 15 is 0 Å². The molecule has 0 aliphatic carbocycles. The van der Waals surface area contributed by atoms with Gasteiger partial charge in [0.25, 0.3) is 0 Å². The Hall–Kier alpha value is -2.14. The maximum Gasteiger partial charge on any atom is 0.242 e. The Morgan fingerprint density at radius 2 is 2.17 bits per heavy atom. The molecule has 3 rings (SSSR count). The van der Waals surface area contributed by atoms with Crippen LogP contribution in [0.5, 0.6) is 0 Å². The predicted molar refractivity (Wildman–Crippen MR) is 87.9 cm³/mol.